The summed E-state index contributed by atoms with van der Waals surface area (Å²) in [7, 11) is 1.58. The largest absolute Gasteiger partial charge is 0.497 e. The monoisotopic (exact) mass is 493 g/mol. The predicted molar refractivity (Wildman–Crippen MR) is 148 cm³/mol. The molecule has 0 aliphatic heterocycles. The van der Waals surface area contributed by atoms with Gasteiger partial charge in [0.25, 0.3) is 5.91 Å². The Hall–Kier alpha value is -4.50. The van der Waals surface area contributed by atoms with Crippen LogP contribution in [0.1, 0.15) is 36.5 Å². The molecule has 3 aromatic carbocycles. The molecule has 0 aliphatic rings. The molecule has 0 saturated heterocycles. The summed E-state index contributed by atoms with van der Waals surface area (Å²) >= 11 is 0. The van der Waals surface area contributed by atoms with E-state index in [1.807, 2.05) is 36.5 Å². The molecule has 0 aliphatic carbocycles. The zero-order chi connectivity index (χ0) is 26.4. The van der Waals surface area contributed by atoms with Crippen molar-refractivity contribution < 1.29 is 14.3 Å². The molecule has 0 spiro atoms. The first-order valence-electron chi connectivity index (χ1n) is 12.3. The van der Waals surface area contributed by atoms with E-state index in [4.69, 9.17) is 9.47 Å². The van der Waals surface area contributed by atoms with Crippen LogP contribution in [0.15, 0.2) is 78.5 Å². The molecule has 1 heterocycles. The van der Waals surface area contributed by atoms with Crippen LogP contribution in [-0.2, 0) is 11.3 Å². The quantitative estimate of drug-likeness (QED) is 0.208. The van der Waals surface area contributed by atoms with E-state index < -0.39 is 5.91 Å². The zero-order valence-electron chi connectivity index (χ0n) is 21.6. The average Bonchev–Trinajstić information content (AvgIpc) is 3.24. The summed E-state index contributed by atoms with van der Waals surface area (Å²) in [4.78, 5) is 12.8. The molecule has 6 nitrogen and oxygen atoms in total. The third kappa shape index (κ3) is 6.02. The van der Waals surface area contributed by atoms with Crippen molar-refractivity contribution in [3.05, 3.63) is 95.2 Å². The topological polar surface area (TPSA) is 76.3 Å². The molecule has 6 heteroatoms. The van der Waals surface area contributed by atoms with Crippen LogP contribution in [0.2, 0.25) is 0 Å². The van der Waals surface area contributed by atoms with E-state index in [0.29, 0.717) is 30.5 Å². The standard InChI is InChI=1S/C31H31N3O3/c1-21(2)27-14-9-22(3)17-30(27)37-16-15-34-20-24(28-7-5-6-8-29(28)34)18-23(19-32)31(35)33-25-10-12-26(36-4)13-11-25/h5-14,17-18,20-21H,15-16H2,1-4H3,(H,33,35). The van der Waals surface area contributed by atoms with Crippen molar-refractivity contribution >= 4 is 28.6 Å². The Labute approximate surface area is 217 Å². The molecule has 0 saturated carbocycles. The number of nitrogens with zero attached hydrogens (tertiary/aromatic N) is 2. The van der Waals surface area contributed by atoms with Gasteiger partial charge in [-0.15, -0.1) is 0 Å². The number of carbonyl (C=O) groups is 1. The maximum Gasteiger partial charge on any atom is 0.266 e. The van der Waals surface area contributed by atoms with E-state index >= 15 is 0 Å². The van der Waals surface area contributed by atoms with Gasteiger partial charge in [0.15, 0.2) is 0 Å². The number of fused-ring (bicyclic) bond motifs is 1. The highest BCUT2D eigenvalue weighted by molar-refractivity contribution is 6.10. The number of rotatable bonds is 9. The first kappa shape index (κ1) is 25.6. The Bertz CT molecular complexity index is 1470. The van der Waals surface area contributed by atoms with E-state index in [0.717, 1.165) is 27.8 Å². The van der Waals surface area contributed by atoms with Gasteiger partial charge in [-0.3, -0.25) is 4.79 Å². The average molecular weight is 494 g/mol. The number of hydrogen-bond donors (Lipinski definition) is 1. The van der Waals surface area contributed by atoms with Gasteiger partial charge in [-0.05, 0) is 66.4 Å². The first-order chi connectivity index (χ1) is 17.9. The van der Waals surface area contributed by atoms with Gasteiger partial charge in [-0.2, -0.15) is 5.26 Å². The third-order valence-corrected chi connectivity index (χ3v) is 6.21. The SMILES string of the molecule is COc1ccc(NC(=O)C(C#N)=Cc2cn(CCOc3cc(C)ccc3C(C)C)c3ccccc23)cc1. The molecule has 4 aromatic rings. The lowest BCUT2D eigenvalue weighted by Crippen LogP contribution is -2.13. The summed E-state index contributed by atoms with van der Waals surface area (Å²) in [6.07, 6.45) is 3.60. The summed E-state index contributed by atoms with van der Waals surface area (Å²) in [5, 5.41) is 13.5. The number of aryl methyl sites for hydroxylation is 1. The van der Waals surface area contributed by atoms with Crippen molar-refractivity contribution in [1.82, 2.24) is 4.57 Å². The van der Waals surface area contributed by atoms with Crippen LogP contribution >= 0.6 is 0 Å². The minimum Gasteiger partial charge on any atom is -0.497 e. The second-order valence-electron chi connectivity index (χ2n) is 9.19. The fourth-order valence-corrected chi connectivity index (χ4v) is 4.25. The van der Waals surface area contributed by atoms with Crippen molar-refractivity contribution in [3.8, 4) is 17.6 Å². The summed E-state index contributed by atoms with van der Waals surface area (Å²) in [5.74, 6) is 1.50. The fourth-order valence-electron chi connectivity index (χ4n) is 4.25. The first-order valence-corrected chi connectivity index (χ1v) is 12.3. The number of hydrogen-bond acceptors (Lipinski definition) is 4. The smallest absolute Gasteiger partial charge is 0.266 e. The molecule has 0 unspecified atom stereocenters. The van der Waals surface area contributed by atoms with Gasteiger partial charge in [0.1, 0.15) is 29.7 Å². The Balaban J connectivity index is 1.55. The molecular formula is C31H31N3O3. The van der Waals surface area contributed by atoms with Crippen molar-refractivity contribution in [3.63, 3.8) is 0 Å². The van der Waals surface area contributed by atoms with Crippen LogP contribution in [0, 0.1) is 18.3 Å². The predicted octanol–water partition coefficient (Wildman–Crippen LogP) is 6.71. The van der Waals surface area contributed by atoms with Gasteiger partial charge < -0.3 is 19.4 Å². The molecule has 1 N–H and O–H groups in total. The lowest BCUT2D eigenvalue weighted by molar-refractivity contribution is -0.112. The van der Waals surface area contributed by atoms with Gasteiger partial charge in [-0.25, -0.2) is 0 Å². The Morgan fingerprint density at radius 2 is 1.86 bits per heavy atom. The molecule has 1 aromatic heterocycles. The van der Waals surface area contributed by atoms with Gasteiger partial charge in [0.2, 0.25) is 0 Å². The summed E-state index contributed by atoms with van der Waals surface area (Å²) < 4.78 is 13.5. The number of aromatic nitrogens is 1. The minimum atomic E-state index is -0.464. The van der Waals surface area contributed by atoms with E-state index in [-0.39, 0.29) is 5.57 Å². The maximum atomic E-state index is 12.8. The maximum absolute atomic E-state index is 12.8. The van der Waals surface area contributed by atoms with Crippen LogP contribution in [0.5, 0.6) is 11.5 Å². The molecule has 0 radical (unpaired) electrons. The highest BCUT2D eigenvalue weighted by atomic mass is 16.5. The van der Waals surface area contributed by atoms with Gasteiger partial charge in [-0.1, -0.05) is 44.2 Å². The van der Waals surface area contributed by atoms with E-state index in [1.165, 1.54) is 5.56 Å². The minimum absolute atomic E-state index is 0.0244. The van der Waals surface area contributed by atoms with Gasteiger partial charge in [0.05, 0.1) is 13.7 Å². The van der Waals surface area contributed by atoms with E-state index in [2.05, 4.69) is 48.9 Å². The molecular weight excluding hydrogens is 462 g/mol. The van der Waals surface area contributed by atoms with E-state index in [9.17, 15) is 10.1 Å². The van der Waals surface area contributed by atoms with Gasteiger partial charge in [0, 0.05) is 28.4 Å². The summed E-state index contributed by atoms with van der Waals surface area (Å²) in [5.41, 5.74) is 4.78. The number of nitrogens with one attached hydrogen (secondary N) is 1. The van der Waals surface area contributed by atoms with Crippen LogP contribution in [0.4, 0.5) is 5.69 Å². The molecule has 37 heavy (non-hydrogen) atoms. The van der Waals surface area contributed by atoms with Crippen molar-refractivity contribution in [2.24, 2.45) is 0 Å². The number of nitriles is 1. The lowest BCUT2D eigenvalue weighted by Gasteiger charge is -2.15. The third-order valence-electron chi connectivity index (χ3n) is 6.21. The van der Waals surface area contributed by atoms with Crippen LogP contribution < -0.4 is 14.8 Å². The number of para-hydroxylation sites is 1. The molecule has 1 amide bonds. The lowest BCUT2D eigenvalue weighted by atomic mass is 10.0. The second kappa shape index (κ2) is 11.5. The number of anilines is 1. The molecule has 0 fully saturated rings. The number of benzene rings is 3. The number of methoxy groups -OCH3 is 1. The molecule has 4 rings (SSSR count). The summed E-state index contributed by atoms with van der Waals surface area (Å²) in [6.45, 7) is 7.50. The Morgan fingerprint density at radius 3 is 2.57 bits per heavy atom. The molecule has 188 valence electrons. The highest BCUT2D eigenvalue weighted by Gasteiger charge is 2.14. The van der Waals surface area contributed by atoms with Gasteiger partial charge >= 0.3 is 0 Å². The Morgan fingerprint density at radius 1 is 1.11 bits per heavy atom. The number of amides is 1. The van der Waals surface area contributed by atoms with Crippen LogP contribution in [0.25, 0.3) is 17.0 Å². The van der Waals surface area contributed by atoms with Crippen molar-refractivity contribution in [1.29, 1.82) is 5.26 Å². The van der Waals surface area contributed by atoms with Crippen molar-refractivity contribution in [2.75, 3.05) is 19.0 Å². The summed E-state index contributed by atoms with van der Waals surface area (Å²) in [6, 6.07) is 23.3. The second-order valence-corrected chi connectivity index (χ2v) is 9.19. The molecule has 0 atom stereocenters. The van der Waals surface area contributed by atoms with E-state index in [1.54, 1.807) is 37.5 Å². The molecule has 0 bridgehead atoms. The normalized spacial score (nSPS) is 11.4. The van der Waals surface area contributed by atoms with Crippen LogP contribution in [-0.4, -0.2) is 24.2 Å². The Kier molecular flexibility index (Phi) is 7.95. The van der Waals surface area contributed by atoms with Crippen molar-refractivity contribution in [2.45, 2.75) is 33.2 Å². The van der Waals surface area contributed by atoms with Crippen LogP contribution in [0.3, 0.4) is 0 Å². The highest BCUT2D eigenvalue weighted by Crippen LogP contribution is 2.28. The number of carbonyl (C=O) groups excluding carboxylic acids is 1. The zero-order valence-corrected chi connectivity index (χ0v) is 21.6. The number of ether oxygens (including phenoxy) is 2. The fraction of sp³-hybridized carbons (Fsp3) is 0.226.